The third kappa shape index (κ3) is 1.38. The lowest BCUT2D eigenvalue weighted by atomic mass is 10.1. The van der Waals surface area contributed by atoms with Gasteiger partial charge in [0.05, 0.1) is 17.6 Å². The molecule has 2 aromatic heterocycles. The summed E-state index contributed by atoms with van der Waals surface area (Å²) in [5, 5.41) is 6.82. The summed E-state index contributed by atoms with van der Waals surface area (Å²) in [6.45, 7) is 2.35. The van der Waals surface area contributed by atoms with Gasteiger partial charge < -0.3 is 5.73 Å². The Hall–Kier alpha value is -1.75. The molecule has 0 aliphatic heterocycles. The molecular weight excluding hydrogens is 178 g/mol. The van der Waals surface area contributed by atoms with E-state index in [0.29, 0.717) is 6.54 Å². The first-order chi connectivity index (χ1) is 6.83. The first-order valence-electron chi connectivity index (χ1n) is 4.33. The van der Waals surface area contributed by atoms with E-state index in [9.17, 15) is 0 Å². The van der Waals surface area contributed by atoms with Crippen LogP contribution in [0.3, 0.4) is 0 Å². The fourth-order valence-electron chi connectivity index (χ4n) is 1.32. The van der Waals surface area contributed by atoms with Crippen molar-refractivity contribution in [3.8, 4) is 11.4 Å². The van der Waals surface area contributed by atoms with Crippen molar-refractivity contribution >= 4 is 0 Å². The maximum atomic E-state index is 5.57. The van der Waals surface area contributed by atoms with E-state index in [2.05, 4.69) is 20.2 Å². The number of aromatic amines is 1. The molecule has 2 heterocycles. The Morgan fingerprint density at radius 1 is 1.36 bits per heavy atom. The molecule has 72 valence electrons. The average molecular weight is 189 g/mol. The summed E-state index contributed by atoms with van der Waals surface area (Å²) in [6.07, 6.45) is 5.03. The third-order valence-corrected chi connectivity index (χ3v) is 2.06. The summed E-state index contributed by atoms with van der Waals surface area (Å²) < 4.78 is 0. The molecule has 0 saturated carbocycles. The molecule has 2 rings (SSSR count). The first-order valence-corrected chi connectivity index (χ1v) is 4.33. The van der Waals surface area contributed by atoms with Crippen LogP contribution in [-0.2, 0) is 6.54 Å². The highest BCUT2D eigenvalue weighted by Crippen LogP contribution is 2.19. The van der Waals surface area contributed by atoms with E-state index in [1.165, 1.54) is 0 Å². The average Bonchev–Trinajstić information content (AvgIpc) is 2.66. The van der Waals surface area contributed by atoms with Crippen molar-refractivity contribution in [3.63, 3.8) is 0 Å². The number of aromatic nitrogens is 4. The van der Waals surface area contributed by atoms with Crippen LogP contribution < -0.4 is 5.73 Å². The van der Waals surface area contributed by atoms with E-state index in [4.69, 9.17) is 5.73 Å². The van der Waals surface area contributed by atoms with E-state index in [1.807, 2.05) is 6.92 Å². The topological polar surface area (TPSA) is 80.5 Å². The summed E-state index contributed by atoms with van der Waals surface area (Å²) in [5.41, 5.74) is 9.06. The second-order valence-corrected chi connectivity index (χ2v) is 2.96. The highest BCUT2D eigenvalue weighted by Gasteiger charge is 2.09. The summed E-state index contributed by atoms with van der Waals surface area (Å²) in [5.74, 6) is 0. The van der Waals surface area contributed by atoms with Crippen molar-refractivity contribution < 1.29 is 0 Å². The number of rotatable bonds is 2. The molecule has 5 nitrogen and oxygen atoms in total. The first kappa shape index (κ1) is 8.83. The van der Waals surface area contributed by atoms with Crippen molar-refractivity contribution in [2.45, 2.75) is 13.5 Å². The van der Waals surface area contributed by atoms with Crippen LogP contribution in [0.4, 0.5) is 0 Å². The van der Waals surface area contributed by atoms with Crippen LogP contribution >= 0.6 is 0 Å². The van der Waals surface area contributed by atoms with Gasteiger partial charge in [-0.15, -0.1) is 0 Å². The number of H-pyrrole nitrogens is 1. The lowest BCUT2D eigenvalue weighted by Gasteiger charge is -2.02. The molecule has 0 spiro atoms. The second kappa shape index (κ2) is 3.55. The zero-order valence-corrected chi connectivity index (χ0v) is 7.86. The van der Waals surface area contributed by atoms with Crippen LogP contribution in [0.5, 0.6) is 0 Å². The highest BCUT2D eigenvalue weighted by atomic mass is 15.1. The van der Waals surface area contributed by atoms with E-state index < -0.39 is 0 Å². The quantitative estimate of drug-likeness (QED) is 0.726. The Balaban J connectivity index is 2.54. The Labute approximate surface area is 81.4 Å². The standard InChI is InChI=1S/C9H11N5/c1-6-8(12-3-2-11-6)9-7(4-10)5-13-14-9/h2-3,5H,4,10H2,1H3,(H,13,14). The molecular formula is C9H11N5. The van der Waals surface area contributed by atoms with Crippen LogP contribution in [-0.4, -0.2) is 20.2 Å². The summed E-state index contributed by atoms with van der Waals surface area (Å²) in [7, 11) is 0. The lowest BCUT2D eigenvalue weighted by molar-refractivity contribution is 1.05. The molecule has 0 amide bonds. The van der Waals surface area contributed by atoms with Gasteiger partial charge in [0, 0.05) is 24.5 Å². The SMILES string of the molecule is Cc1nccnc1-c1[nH]ncc1CN. The maximum Gasteiger partial charge on any atom is 0.110 e. The molecule has 0 saturated heterocycles. The highest BCUT2D eigenvalue weighted by molar-refractivity contribution is 5.60. The van der Waals surface area contributed by atoms with Crippen molar-refractivity contribution in [2.24, 2.45) is 5.73 Å². The molecule has 0 fully saturated rings. The van der Waals surface area contributed by atoms with Gasteiger partial charge in [-0.1, -0.05) is 0 Å². The van der Waals surface area contributed by atoms with Crippen LogP contribution in [0.15, 0.2) is 18.6 Å². The third-order valence-electron chi connectivity index (χ3n) is 2.06. The van der Waals surface area contributed by atoms with Crippen LogP contribution in [0, 0.1) is 6.92 Å². The zero-order chi connectivity index (χ0) is 9.97. The minimum Gasteiger partial charge on any atom is -0.326 e. The largest absolute Gasteiger partial charge is 0.326 e. The molecule has 0 unspecified atom stereocenters. The zero-order valence-electron chi connectivity index (χ0n) is 7.86. The molecule has 14 heavy (non-hydrogen) atoms. The van der Waals surface area contributed by atoms with Gasteiger partial charge in [-0.3, -0.25) is 15.1 Å². The molecule has 0 aliphatic carbocycles. The number of nitrogens with two attached hydrogens (primary N) is 1. The smallest absolute Gasteiger partial charge is 0.110 e. The van der Waals surface area contributed by atoms with Gasteiger partial charge in [0.1, 0.15) is 5.69 Å². The summed E-state index contributed by atoms with van der Waals surface area (Å²) in [4.78, 5) is 8.40. The minimum atomic E-state index is 0.446. The second-order valence-electron chi connectivity index (χ2n) is 2.96. The van der Waals surface area contributed by atoms with Crippen molar-refractivity contribution in [2.75, 3.05) is 0 Å². The van der Waals surface area contributed by atoms with Gasteiger partial charge in [-0.25, -0.2) is 0 Å². The number of hydrogen-bond acceptors (Lipinski definition) is 4. The Bertz CT molecular complexity index is 434. The van der Waals surface area contributed by atoms with Gasteiger partial charge in [0.2, 0.25) is 0 Å². The molecule has 0 aliphatic rings. The monoisotopic (exact) mass is 189 g/mol. The van der Waals surface area contributed by atoms with Gasteiger partial charge in [-0.2, -0.15) is 5.10 Å². The molecule has 0 bridgehead atoms. The fourth-order valence-corrected chi connectivity index (χ4v) is 1.32. The van der Waals surface area contributed by atoms with E-state index in [0.717, 1.165) is 22.6 Å². The predicted molar refractivity (Wildman–Crippen MR) is 52.2 cm³/mol. The van der Waals surface area contributed by atoms with Crippen molar-refractivity contribution in [1.82, 2.24) is 20.2 Å². The molecule has 2 aromatic rings. The molecule has 0 aromatic carbocycles. The van der Waals surface area contributed by atoms with Crippen molar-refractivity contribution in [3.05, 3.63) is 29.8 Å². The maximum absolute atomic E-state index is 5.57. The number of nitrogens with one attached hydrogen (secondary N) is 1. The predicted octanol–water partition coefficient (Wildman–Crippen LogP) is 0.634. The van der Waals surface area contributed by atoms with Gasteiger partial charge in [0.15, 0.2) is 0 Å². The van der Waals surface area contributed by atoms with Gasteiger partial charge in [0.25, 0.3) is 0 Å². The summed E-state index contributed by atoms with van der Waals surface area (Å²) >= 11 is 0. The lowest BCUT2D eigenvalue weighted by Crippen LogP contribution is -1.99. The minimum absolute atomic E-state index is 0.446. The molecule has 0 radical (unpaired) electrons. The Morgan fingerprint density at radius 3 is 2.86 bits per heavy atom. The van der Waals surface area contributed by atoms with E-state index in [1.54, 1.807) is 18.6 Å². The fraction of sp³-hybridized carbons (Fsp3) is 0.222. The van der Waals surface area contributed by atoms with Crippen LogP contribution in [0.1, 0.15) is 11.3 Å². The Morgan fingerprint density at radius 2 is 2.14 bits per heavy atom. The molecule has 5 heteroatoms. The normalized spacial score (nSPS) is 10.4. The summed E-state index contributed by atoms with van der Waals surface area (Å²) in [6, 6.07) is 0. The number of aryl methyl sites for hydroxylation is 1. The van der Waals surface area contributed by atoms with Crippen LogP contribution in [0.25, 0.3) is 11.4 Å². The van der Waals surface area contributed by atoms with E-state index in [-0.39, 0.29) is 0 Å². The number of hydrogen-bond donors (Lipinski definition) is 2. The molecule has 3 N–H and O–H groups in total. The van der Waals surface area contributed by atoms with Gasteiger partial charge >= 0.3 is 0 Å². The van der Waals surface area contributed by atoms with Crippen molar-refractivity contribution in [1.29, 1.82) is 0 Å². The molecule has 0 atom stereocenters. The van der Waals surface area contributed by atoms with Crippen LogP contribution in [0.2, 0.25) is 0 Å². The van der Waals surface area contributed by atoms with E-state index >= 15 is 0 Å². The Kier molecular flexibility index (Phi) is 2.24. The van der Waals surface area contributed by atoms with Gasteiger partial charge in [-0.05, 0) is 6.92 Å². The number of nitrogens with zero attached hydrogens (tertiary/aromatic N) is 3.